The van der Waals surface area contributed by atoms with Crippen LogP contribution in [0.25, 0.3) is 17.0 Å². The summed E-state index contributed by atoms with van der Waals surface area (Å²) in [7, 11) is -5.06. The second-order valence-electron chi connectivity index (χ2n) is 6.63. The van der Waals surface area contributed by atoms with Gasteiger partial charge in [0.2, 0.25) is 0 Å². The van der Waals surface area contributed by atoms with E-state index in [-0.39, 0.29) is 4.90 Å². The molecule has 29 heavy (non-hydrogen) atoms. The van der Waals surface area contributed by atoms with Crippen molar-refractivity contribution in [1.29, 1.82) is 0 Å². The maximum atomic E-state index is 13.1. The van der Waals surface area contributed by atoms with Gasteiger partial charge in [-0.15, -0.1) is 0 Å². The predicted octanol–water partition coefficient (Wildman–Crippen LogP) is 4.97. The van der Waals surface area contributed by atoms with Crippen LogP contribution >= 0.6 is 0 Å². The van der Waals surface area contributed by atoms with E-state index in [1.165, 1.54) is 3.97 Å². The van der Waals surface area contributed by atoms with Crippen molar-refractivity contribution in [1.82, 2.24) is 3.97 Å². The predicted molar refractivity (Wildman–Crippen MR) is 118 cm³/mol. The quantitative estimate of drug-likeness (QED) is 0.457. The highest BCUT2D eigenvalue weighted by Crippen LogP contribution is 2.27. The number of aromatic nitrogens is 1. The molecule has 0 saturated carbocycles. The fraction of sp³-hybridized carbons (Fsp3) is 0.0435. The Balaban J connectivity index is 1.77. The fourth-order valence-corrected chi connectivity index (χ4v) is 5.33. The normalized spacial score (nSPS) is 13.1. The lowest BCUT2D eigenvalue weighted by Crippen LogP contribution is -2.11. The summed E-state index contributed by atoms with van der Waals surface area (Å²) in [5.41, 5.74) is 2.38. The van der Waals surface area contributed by atoms with E-state index in [1.54, 1.807) is 60.1 Å². The standard InChI is InChI=1S/C23H19NO3S2/c1-18-11-13-20(14-12-18)28(25)16-15-19-17-24(23-10-6-5-9-22(19)23)29(26,27)21-7-3-2-4-8-21/h2-17H,1H3/b16-15-/t28-/m0/s1. The van der Waals surface area contributed by atoms with E-state index in [1.807, 2.05) is 43.3 Å². The molecule has 0 bridgehead atoms. The fourth-order valence-electron chi connectivity index (χ4n) is 3.10. The first-order valence-corrected chi connectivity index (χ1v) is 11.7. The Labute approximate surface area is 172 Å². The largest absolute Gasteiger partial charge is 0.268 e. The highest BCUT2D eigenvalue weighted by atomic mass is 32.2. The van der Waals surface area contributed by atoms with Gasteiger partial charge in [0.25, 0.3) is 10.0 Å². The van der Waals surface area contributed by atoms with Crippen LogP contribution in [0.1, 0.15) is 11.1 Å². The van der Waals surface area contributed by atoms with Crippen LogP contribution in [0.3, 0.4) is 0 Å². The third-order valence-electron chi connectivity index (χ3n) is 4.63. The second-order valence-corrected chi connectivity index (χ2v) is 9.78. The zero-order valence-electron chi connectivity index (χ0n) is 15.7. The molecular weight excluding hydrogens is 402 g/mol. The van der Waals surface area contributed by atoms with Crippen molar-refractivity contribution < 1.29 is 12.6 Å². The Morgan fingerprint density at radius 1 is 0.862 bits per heavy atom. The van der Waals surface area contributed by atoms with Crippen molar-refractivity contribution in [3.05, 3.63) is 102 Å². The third-order valence-corrected chi connectivity index (χ3v) is 7.44. The first kappa shape index (κ1) is 19.4. The Morgan fingerprint density at radius 3 is 2.24 bits per heavy atom. The molecule has 0 aliphatic heterocycles. The van der Waals surface area contributed by atoms with Crippen LogP contribution in [0.5, 0.6) is 0 Å². The minimum atomic E-state index is -3.73. The zero-order valence-corrected chi connectivity index (χ0v) is 17.4. The molecule has 1 atom stereocenters. The van der Waals surface area contributed by atoms with E-state index < -0.39 is 20.8 Å². The first-order chi connectivity index (χ1) is 14.0. The molecule has 0 saturated heterocycles. The van der Waals surface area contributed by atoms with E-state index in [0.29, 0.717) is 16.0 Å². The maximum absolute atomic E-state index is 13.1. The number of nitrogens with zero attached hydrogens (tertiary/aromatic N) is 1. The van der Waals surface area contributed by atoms with Crippen molar-refractivity contribution in [3.63, 3.8) is 0 Å². The SMILES string of the molecule is Cc1ccc([S@@](=O)/C=C\c2cn(S(=O)(=O)c3ccccc3)c3ccccc23)cc1. The van der Waals surface area contributed by atoms with Crippen LogP contribution < -0.4 is 0 Å². The number of benzene rings is 3. The lowest BCUT2D eigenvalue weighted by atomic mass is 10.2. The highest BCUT2D eigenvalue weighted by Gasteiger charge is 2.20. The van der Waals surface area contributed by atoms with Gasteiger partial charge in [0.05, 0.1) is 21.2 Å². The first-order valence-electron chi connectivity index (χ1n) is 9.03. The van der Waals surface area contributed by atoms with Gasteiger partial charge in [-0.3, -0.25) is 0 Å². The smallest absolute Gasteiger partial charge is 0.250 e. The summed E-state index contributed by atoms with van der Waals surface area (Å²) in [6, 6.07) is 23.1. The number of aryl methyl sites for hydroxylation is 1. The van der Waals surface area contributed by atoms with Crippen LogP contribution in [0.2, 0.25) is 0 Å². The molecule has 0 radical (unpaired) electrons. The summed E-state index contributed by atoms with van der Waals surface area (Å²) < 4.78 is 40.1. The minimum absolute atomic E-state index is 0.222. The van der Waals surface area contributed by atoms with Crippen molar-refractivity contribution in [2.24, 2.45) is 0 Å². The van der Waals surface area contributed by atoms with Gasteiger partial charge in [0.15, 0.2) is 0 Å². The molecule has 0 amide bonds. The summed E-state index contributed by atoms with van der Waals surface area (Å²) >= 11 is 0. The number of rotatable bonds is 5. The molecule has 0 spiro atoms. The van der Waals surface area contributed by atoms with Gasteiger partial charge in [-0.05, 0) is 43.3 Å². The van der Waals surface area contributed by atoms with Crippen molar-refractivity contribution in [2.75, 3.05) is 0 Å². The van der Waals surface area contributed by atoms with Gasteiger partial charge < -0.3 is 0 Å². The lowest BCUT2D eigenvalue weighted by molar-refractivity contribution is 0.589. The average Bonchev–Trinajstić information content (AvgIpc) is 3.13. The number of hydrogen-bond acceptors (Lipinski definition) is 3. The summed E-state index contributed by atoms with van der Waals surface area (Å²) in [5, 5.41) is 2.37. The van der Waals surface area contributed by atoms with Gasteiger partial charge in [-0.1, -0.05) is 54.1 Å². The van der Waals surface area contributed by atoms with Crippen LogP contribution in [0, 0.1) is 6.92 Å². The third kappa shape index (κ3) is 3.81. The molecule has 1 aromatic heterocycles. The zero-order chi connectivity index (χ0) is 20.4. The number of fused-ring (bicyclic) bond motifs is 1. The van der Waals surface area contributed by atoms with E-state index in [2.05, 4.69) is 0 Å². The molecule has 4 rings (SSSR count). The Morgan fingerprint density at radius 2 is 1.52 bits per heavy atom. The molecule has 0 unspecified atom stereocenters. The van der Waals surface area contributed by atoms with Gasteiger partial charge in [0.1, 0.15) is 0 Å². The van der Waals surface area contributed by atoms with Crippen molar-refractivity contribution in [3.8, 4) is 0 Å². The summed E-state index contributed by atoms with van der Waals surface area (Å²) in [5.74, 6) is 0. The van der Waals surface area contributed by atoms with E-state index in [0.717, 1.165) is 10.9 Å². The summed E-state index contributed by atoms with van der Waals surface area (Å²) in [6.07, 6.45) is 3.30. The Hall–Kier alpha value is -2.96. The molecule has 146 valence electrons. The number of para-hydroxylation sites is 1. The van der Waals surface area contributed by atoms with Crippen LogP contribution in [0.15, 0.2) is 100 Å². The topological polar surface area (TPSA) is 56.1 Å². The Kier molecular flexibility index (Phi) is 5.22. The van der Waals surface area contributed by atoms with Gasteiger partial charge in [-0.2, -0.15) is 0 Å². The van der Waals surface area contributed by atoms with E-state index >= 15 is 0 Å². The van der Waals surface area contributed by atoms with Crippen LogP contribution in [0.4, 0.5) is 0 Å². The van der Waals surface area contributed by atoms with Crippen molar-refractivity contribution in [2.45, 2.75) is 16.7 Å². The summed E-state index contributed by atoms with van der Waals surface area (Å²) in [4.78, 5) is 0.923. The average molecular weight is 422 g/mol. The van der Waals surface area contributed by atoms with Crippen LogP contribution in [-0.2, 0) is 20.8 Å². The van der Waals surface area contributed by atoms with Gasteiger partial charge in [-0.25, -0.2) is 16.6 Å². The molecule has 0 aliphatic rings. The molecule has 6 heteroatoms. The van der Waals surface area contributed by atoms with Gasteiger partial charge in [0, 0.05) is 27.5 Å². The molecule has 0 N–H and O–H groups in total. The second kappa shape index (κ2) is 7.81. The van der Waals surface area contributed by atoms with Crippen molar-refractivity contribution >= 4 is 37.8 Å². The molecule has 1 heterocycles. The molecule has 4 nitrogen and oxygen atoms in total. The monoisotopic (exact) mass is 421 g/mol. The lowest BCUT2D eigenvalue weighted by Gasteiger charge is -2.07. The minimum Gasteiger partial charge on any atom is -0.250 e. The molecule has 4 aromatic rings. The number of hydrogen-bond donors (Lipinski definition) is 0. The van der Waals surface area contributed by atoms with Gasteiger partial charge >= 0.3 is 0 Å². The highest BCUT2D eigenvalue weighted by molar-refractivity contribution is 7.90. The Bertz CT molecular complexity index is 1320. The molecular formula is C23H19NO3S2. The maximum Gasteiger partial charge on any atom is 0.268 e. The van der Waals surface area contributed by atoms with Crippen LogP contribution in [-0.4, -0.2) is 16.6 Å². The molecule has 0 aliphatic carbocycles. The molecule has 0 fully saturated rings. The summed E-state index contributed by atoms with van der Waals surface area (Å²) in [6.45, 7) is 1.98. The molecule has 3 aromatic carbocycles. The van der Waals surface area contributed by atoms with E-state index in [4.69, 9.17) is 0 Å². The van der Waals surface area contributed by atoms with E-state index in [9.17, 15) is 12.6 Å².